The van der Waals surface area contributed by atoms with Gasteiger partial charge in [0.25, 0.3) is 5.88 Å². The first kappa shape index (κ1) is 8.89. The van der Waals surface area contributed by atoms with E-state index in [4.69, 9.17) is 10.5 Å². The van der Waals surface area contributed by atoms with Crippen molar-refractivity contribution >= 4 is 5.65 Å². The zero-order valence-electron chi connectivity index (χ0n) is 7.63. The van der Waals surface area contributed by atoms with E-state index in [1.54, 1.807) is 23.1 Å². The van der Waals surface area contributed by atoms with Gasteiger partial charge in [-0.25, -0.2) is 4.98 Å². The van der Waals surface area contributed by atoms with Gasteiger partial charge < -0.3 is 10.5 Å². The average Bonchev–Trinajstić information content (AvgIpc) is 2.67. The summed E-state index contributed by atoms with van der Waals surface area (Å²) in [4.78, 5) is 4.06. The fraction of sp³-hybridized carbons (Fsp3) is 0.375. The normalized spacial score (nSPS) is 10.6. The van der Waals surface area contributed by atoms with Gasteiger partial charge in [0.1, 0.15) is 6.33 Å². The molecule has 0 aliphatic rings. The SMILES string of the molecule is NCCCOc1nccn2cnnc12. The quantitative estimate of drug-likeness (QED) is 0.683. The van der Waals surface area contributed by atoms with Gasteiger partial charge in [0.05, 0.1) is 6.61 Å². The Labute approximate surface area is 80.7 Å². The van der Waals surface area contributed by atoms with Crippen LogP contribution in [0.1, 0.15) is 6.42 Å². The molecule has 14 heavy (non-hydrogen) atoms. The summed E-state index contributed by atoms with van der Waals surface area (Å²) in [6.45, 7) is 1.16. The van der Waals surface area contributed by atoms with Crippen LogP contribution in [-0.4, -0.2) is 32.7 Å². The van der Waals surface area contributed by atoms with Crippen molar-refractivity contribution in [2.24, 2.45) is 5.73 Å². The summed E-state index contributed by atoms with van der Waals surface area (Å²) in [6.07, 6.45) is 5.82. The third-order valence-electron chi connectivity index (χ3n) is 1.77. The molecule has 2 aromatic rings. The number of hydrogen-bond donors (Lipinski definition) is 1. The maximum Gasteiger partial charge on any atom is 0.260 e. The molecule has 2 aromatic heterocycles. The van der Waals surface area contributed by atoms with Crippen molar-refractivity contribution in [1.29, 1.82) is 0 Å². The lowest BCUT2D eigenvalue weighted by Crippen LogP contribution is -2.07. The second-order valence-corrected chi connectivity index (χ2v) is 2.78. The van der Waals surface area contributed by atoms with E-state index in [0.717, 1.165) is 6.42 Å². The lowest BCUT2D eigenvalue weighted by Gasteiger charge is -2.03. The number of nitrogens with zero attached hydrogens (tertiary/aromatic N) is 4. The van der Waals surface area contributed by atoms with E-state index in [-0.39, 0.29) is 0 Å². The molecule has 0 atom stereocenters. The Morgan fingerprint density at radius 3 is 3.29 bits per heavy atom. The van der Waals surface area contributed by atoms with Crippen molar-refractivity contribution in [1.82, 2.24) is 19.6 Å². The summed E-state index contributed by atoms with van der Waals surface area (Å²) in [6, 6.07) is 0. The van der Waals surface area contributed by atoms with Gasteiger partial charge >= 0.3 is 0 Å². The molecule has 74 valence electrons. The van der Waals surface area contributed by atoms with E-state index in [0.29, 0.717) is 24.7 Å². The summed E-state index contributed by atoms with van der Waals surface area (Å²) in [5.74, 6) is 0.499. The zero-order chi connectivity index (χ0) is 9.80. The van der Waals surface area contributed by atoms with E-state index in [9.17, 15) is 0 Å². The number of ether oxygens (including phenoxy) is 1. The standard InChI is InChI=1S/C8H11N5O/c9-2-1-5-14-8-7-12-11-6-13(7)4-3-10-8/h3-4,6H,1-2,5,9H2. The van der Waals surface area contributed by atoms with Crippen LogP contribution in [0.5, 0.6) is 5.88 Å². The Kier molecular flexibility index (Phi) is 2.55. The van der Waals surface area contributed by atoms with Crippen LogP contribution in [0.2, 0.25) is 0 Å². The highest BCUT2D eigenvalue weighted by molar-refractivity contribution is 5.47. The average molecular weight is 193 g/mol. The van der Waals surface area contributed by atoms with Gasteiger partial charge in [0, 0.05) is 12.4 Å². The molecule has 0 amide bonds. The minimum atomic E-state index is 0.499. The third-order valence-corrected chi connectivity index (χ3v) is 1.77. The Morgan fingerprint density at radius 2 is 2.43 bits per heavy atom. The van der Waals surface area contributed by atoms with Crippen molar-refractivity contribution in [3.63, 3.8) is 0 Å². The largest absolute Gasteiger partial charge is 0.475 e. The monoisotopic (exact) mass is 193 g/mol. The minimum absolute atomic E-state index is 0.499. The van der Waals surface area contributed by atoms with Crippen molar-refractivity contribution < 1.29 is 4.74 Å². The lowest BCUT2D eigenvalue weighted by atomic mass is 10.5. The molecule has 0 saturated heterocycles. The predicted octanol–water partition coefficient (Wildman–Crippen LogP) is -0.148. The van der Waals surface area contributed by atoms with Gasteiger partial charge in [-0.1, -0.05) is 0 Å². The molecule has 0 saturated carbocycles. The maximum atomic E-state index is 5.40. The van der Waals surface area contributed by atoms with Crippen LogP contribution in [-0.2, 0) is 0 Å². The first-order valence-corrected chi connectivity index (χ1v) is 4.39. The van der Waals surface area contributed by atoms with E-state index in [2.05, 4.69) is 15.2 Å². The predicted molar refractivity (Wildman–Crippen MR) is 49.9 cm³/mol. The summed E-state index contributed by atoms with van der Waals surface area (Å²) >= 11 is 0. The van der Waals surface area contributed by atoms with Gasteiger partial charge in [0.15, 0.2) is 0 Å². The zero-order valence-corrected chi connectivity index (χ0v) is 7.63. The molecule has 6 nitrogen and oxygen atoms in total. The summed E-state index contributed by atoms with van der Waals surface area (Å²) in [5.41, 5.74) is 5.98. The van der Waals surface area contributed by atoms with E-state index in [1.165, 1.54) is 0 Å². The van der Waals surface area contributed by atoms with Gasteiger partial charge in [-0.3, -0.25) is 4.40 Å². The van der Waals surface area contributed by atoms with E-state index >= 15 is 0 Å². The fourth-order valence-electron chi connectivity index (χ4n) is 1.09. The van der Waals surface area contributed by atoms with Crippen LogP contribution in [0.3, 0.4) is 0 Å². The first-order valence-electron chi connectivity index (χ1n) is 4.39. The smallest absolute Gasteiger partial charge is 0.260 e. The molecule has 0 radical (unpaired) electrons. The summed E-state index contributed by atoms with van der Waals surface area (Å²) in [7, 11) is 0. The maximum absolute atomic E-state index is 5.40. The second kappa shape index (κ2) is 4.01. The highest BCUT2D eigenvalue weighted by atomic mass is 16.5. The Hall–Kier alpha value is -1.69. The molecule has 0 spiro atoms. The Morgan fingerprint density at radius 1 is 1.50 bits per heavy atom. The third kappa shape index (κ3) is 1.64. The van der Waals surface area contributed by atoms with Crippen LogP contribution in [0, 0.1) is 0 Å². The molecule has 0 fully saturated rings. The highest BCUT2D eigenvalue weighted by Gasteiger charge is 2.04. The van der Waals surface area contributed by atoms with E-state index in [1.807, 2.05) is 0 Å². The molecular formula is C8H11N5O. The topological polar surface area (TPSA) is 78.3 Å². The van der Waals surface area contributed by atoms with E-state index < -0.39 is 0 Å². The van der Waals surface area contributed by atoms with Crippen molar-refractivity contribution in [2.45, 2.75) is 6.42 Å². The van der Waals surface area contributed by atoms with Crippen molar-refractivity contribution in [3.05, 3.63) is 18.7 Å². The van der Waals surface area contributed by atoms with Crippen molar-refractivity contribution in [2.75, 3.05) is 13.2 Å². The number of aromatic nitrogens is 4. The first-order chi connectivity index (χ1) is 6.92. The van der Waals surface area contributed by atoms with Gasteiger partial charge in [-0.2, -0.15) is 0 Å². The molecule has 6 heteroatoms. The van der Waals surface area contributed by atoms with Crippen LogP contribution in [0.4, 0.5) is 0 Å². The molecule has 0 aliphatic heterocycles. The summed E-state index contributed by atoms with van der Waals surface area (Å²) < 4.78 is 7.16. The number of rotatable bonds is 4. The summed E-state index contributed by atoms with van der Waals surface area (Å²) in [5, 5.41) is 7.65. The van der Waals surface area contributed by atoms with Gasteiger partial charge in [-0.05, 0) is 13.0 Å². The van der Waals surface area contributed by atoms with Crippen LogP contribution in [0.25, 0.3) is 5.65 Å². The molecule has 0 aliphatic carbocycles. The molecule has 2 heterocycles. The molecular weight excluding hydrogens is 182 g/mol. The number of fused-ring (bicyclic) bond motifs is 1. The van der Waals surface area contributed by atoms with Crippen LogP contribution < -0.4 is 10.5 Å². The highest BCUT2D eigenvalue weighted by Crippen LogP contribution is 2.12. The number of nitrogens with two attached hydrogens (primary N) is 1. The van der Waals surface area contributed by atoms with Crippen molar-refractivity contribution in [3.8, 4) is 5.88 Å². The molecule has 0 aromatic carbocycles. The minimum Gasteiger partial charge on any atom is -0.475 e. The van der Waals surface area contributed by atoms with Gasteiger partial charge in [-0.15, -0.1) is 10.2 Å². The van der Waals surface area contributed by atoms with Crippen LogP contribution >= 0.6 is 0 Å². The molecule has 2 N–H and O–H groups in total. The van der Waals surface area contributed by atoms with Gasteiger partial charge in [0.2, 0.25) is 5.65 Å². The molecule has 0 bridgehead atoms. The Bertz CT molecular complexity index is 413. The van der Waals surface area contributed by atoms with Crippen LogP contribution in [0.15, 0.2) is 18.7 Å². The lowest BCUT2D eigenvalue weighted by molar-refractivity contribution is 0.303. The molecule has 2 rings (SSSR count). The fourth-order valence-corrected chi connectivity index (χ4v) is 1.09. The molecule has 0 unspecified atom stereocenters. The number of hydrogen-bond acceptors (Lipinski definition) is 5. The second-order valence-electron chi connectivity index (χ2n) is 2.78. The Balaban J connectivity index is 2.19.